The highest BCUT2D eigenvalue weighted by Crippen LogP contribution is 2.13. The summed E-state index contributed by atoms with van der Waals surface area (Å²) in [4.78, 5) is 28.9. The van der Waals surface area contributed by atoms with Gasteiger partial charge in [0.1, 0.15) is 17.6 Å². The Morgan fingerprint density at radius 2 is 1.79 bits per heavy atom. The molecule has 1 heterocycles. The van der Waals surface area contributed by atoms with Gasteiger partial charge < -0.3 is 15.4 Å². The van der Waals surface area contributed by atoms with Crippen LogP contribution in [-0.4, -0.2) is 29.9 Å². The van der Waals surface area contributed by atoms with E-state index in [1.54, 1.807) is 55.8 Å². The third-order valence-corrected chi connectivity index (χ3v) is 3.50. The van der Waals surface area contributed by atoms with E-state index in [2.05, 4.69) is 15.6 Å². The number of aromatic nitrogens is 1. The van der Waals surface area contributed by atoms with E-state index in [0.29, 0.717) is 17.1 Å². The molecule has 0 saturated heterocycles. The fourth-order valence-electron chi connectivity index (χ4n) is 2.14. The molecule has 6 heteroatoms. The van der Waals surface area contributed by atoms with Crippen LogP contribution in [0.4, 0.5) is 5.82 Å². The predicted molar refractivity (Wildman–Crippen MR) is 92.0 cm³/mol. The Kier molecular flexibility index (Phi) is 5.89. The normalized spacial score (nSPS) is 11.7. The van der Waals surface area contributed by atoms with Crippen molar-refractivity contribution in [2.75, 3.05) is 12.4 Å². The summed E-state index contributed by atoms with van der Waals surface area (Å²) < 4.78 is 5.07. The van der Waals surface area contributed by atoms with Crippen molar-refractivity contribution in [2.24, 2.45) is 5.92 Å². The van der Waals surface area contributed by atoms with Gasteiger partial charge in [0.05, 0.1) is 7.11 Å². The van der Waals surface area contributed by atoms with Crippen molar-refractivity contribution in [3.8, 4) is 5.75 Å². The molecule has 0 aliphatic rings. The summed E-state index contributed by atoms with van der Waals surface area (Å²) in [5.74, 6) is 0.431. The van der Waals surface area contributed by atoms with Crippen LogP contribution in [0.2, 0.25) is 0 Å². The average Bonchev–Trinajstić information content (AvgIpc) is 2.60. The first-order valence-electron chi connectivity index (χ1n) is 7.68. The minimum absolute atomic E-state index is 0.0732. The van der Waals surface area contributed by atoms with Gasteiger partial charge in [0.15, 0.2) is 0 Å². The topological polar surface area (TPSA) is 80.3 Å². The third-order valence-electron chi connectivity index (χ3n) is 3.50. The smallest absolute Gasteiger partial charge is 0.251 e. The molecule has 2 N–H and O–H groups in total. The van der Waals surface area contributed by atoms with Gasteiger partial charge in [-0.05, 0) is 42.3 Å². The standard InChI is InChI=1S/C18H21N3O3/c1-12(2)16(18(23)20-15-6-4-5-11-19-15)21-17(22)13-7-9-14(24-3)10-8-13/h4-12,16H,1-3H3,(H,21,22)(H,19,20,23). The SMILES string of the molecule is COc1ccc(C(=O)NC(C(=O)Nc2ccccn2)C(C)C)cc1. The quantitative estimate of drug-likeness (QED) is 0.854. The maximum Gasteiger partial charge on any atom is 0.251 e. The lowest BCUT2D eigenvalue weighted by Crippen LogP contribution is -2.47. The lowest BCUT2D eigenvalue weighted by molar-refractivity contribution is -0.118. The van der Waals surface area contributed by atoms with Crippen LogP contribution >= 0.6 is 0 Å². The van der Waals surface area contributed by atoms with E-state index in [4.69, 9.17) is 4.74 Å². The molecule has 1 aromatic heterocycles. The van der Waals surface area contributed by atoms with Gasteiger partial charge in [0.25, 0.3) is 5.91 Å². The number of rotatable bonds is 6. The second kappa shape index (κ2) is 8.10. The summed E-state index contributed by atoms with van der Waals surface area (Å²) in [5.41, 5.74) is 0.465. The molecule has 1 atom stereocenters. The van der Waals surface area contributed by atoms with Crippen molar-refractivity contribution in [1.29, 1.82) is 0 Å². The molecule has 0 aliphatic carbocycles. The van der Waals surface area contributed by atoms with Crippen LogP contribution in [0.25, 0.3) is 0 Å². The predicted octanol–water partition coefficient (Wildman–Crippen LogP) is 2.48. The Morgan fingerprint density at radius 3 is 2.33 bits per heavy atom. The molecule has 0 aliphatic heterocycles. The van der Waals surface area contributed by atoms with Crippen molar-refractivity contribution in [3.63, 3.8) is 0 Å². The zero-order chi connectivity index (χ0) is 17.5. The third kappa shape index (κ3) is 4.55. The average molecular weight is 327 g/mol. The van der Waals surface area contributed by atoms with E-state index in [9.17, 15) is 9.59 Å². The fourth-order valence-corrected chi connectivity index (χ4v) is 2.14. The van der Waals surface area contributed by atoms with Gasteiger partial charge in [0.2, 0.25) is 5.91 Å². The van der Waals surface area contributed by atoms with Gasteiger partial charge in [-0.15, -0.1) is 0 Å². The van der Waals surface area contributed by atoms with Crippen molar-refractivity contribution in [2.45, 2.75) is 19.9 Å². The first-order valence-corrected chi connectivity index (χ1v) is 7.68. The second-order valence-corrected chi connectivity index (χ2v) is 5.63. The van der Waals surface area contributed by atoms with Crippen LogP contribution in [-0.2, 0) is 4.79 Å². The molecule has 0 bridgehead atoms. The number of methoxy groups -OCH3 is 1. The van der Waals surface area contributed by atoms with Crippen LogP contribution in [0, 0.1) is 5.92 Å². The molecule has 24 heavy (non-hydrogen) atoms. The molecule has 2 rings (SSSR count). The Labute approximate surface area is 141 Å². The second-order valence-electron chi connectivity index (χ2n) is 5.63. The molecule has 0 fully saturated rings. The van der Waals surface area contributed by atoms with Crippen molar-refractivity contribution < 1.29 is 14.3 Å². The number of amides is 2. The first-order chi connectivity index (χ1) is 11.5. The molecule has 2 aromatic rings. The van der Waals surface area contributed by atoms with E-state index in [1.807, 2.05) is 13.8 Å². The van der Waals surface area contributed by atoms with Crippen LogP contribution < -0.4 is 15.4 Å². The molecule has 0 saturated carbocycles. The highest BCUT2D eigenvalue weighted by molar-refractivity contribution is 6.01. The molecule has 0 spiro atoms. The van der Waals surface area contributed by atoms with Crippen LogP contribution in [0.3, 0.4) is 0 Å². The number of pyridine rings is 1. The monoisotopic (exact) mass is 327 g/mol. The number of carbonyl (C=O) groups is 2. The van der Waals surface area contributed by atoms with Gasteiger partial charge in [-0.3, -0.25) is 9.59 Å². The van der Waals surface area contributed by atoms with Gasteiger partial charge in [-0.1, -0.05) is 19.9 Å². The summed E-state index contributed by atoms with van der Waals surface area (Å²) >= 11 is 0. The molecule has 126 valence electrons. The van der Waals surface area contributed by atoms with Gasteiger partial charge >= 0.3 is 0 Å². The minimum atomic E-state index is -0.665. The summed E-state index contributed by atoms with van der Waals surface area (Å²) in [6.45, 7) is 3.74. The maximum absolute atomic E-state index is 12.4. The van der Waals surface area contributed by atoms with Gasteiger partial charge in [0, 0.05) is 11.8 Å². The molecule has 0 radical (unpaired) electrons. The van der Waals surface area contributed by atoms with Crippen LogP contribution in [0.5, 0.6) is 5.75 Å². The van der Waals surface area contributed by atoms with Gasteiger partial charge in [-0.25, -0.2) is 4.98 Å². The number of nitrogens with zero attached hydrogens (tertiary/aromatic N) is 1. The van der Waals surface area contributed by atoms with Crippen LogP contribution in [0.1, 0.15) is 24.2 Å². The van der Waals surface area contributed by atoms with Crippen molar-refractivity contribution in [3.05, 3.63) is 54.2 Å². The van der Waals surface area contributed by atoms with Gasteiger partial charge in [-0.2, -0.15) is 0 Å². The largest absolute Gasteiger partial charge is 0.497 e. The lowest BCUT2D eigenvalue weighted by atomic mass is 10.0. The number of carbonyl (C=O) groups excluding carboxylic acids is 2. The number of hydrogen-bond acceptors (Lipinski definition) is 4. The highest BCUT2D eigenvalue weighted by atomic mass is 16.5. The minimum Gasteiger partial charge on any atom is -0.497 e. The molecular formula is C18H21N3O3. The van der Waals surface area contributed by atoms with E-state index >= 15 is 0 Å². The van der Waals surface area contributed by atoms with Crippen molar-refractivity contribution >= 4 is 17.6 Å². The Hall–Kier alpha value is -2.89. The van der Waals surface area contributed by atoms with E-state index in [1.165, 1.54) is 0 Å². The Balaban J connectivity index is 2.06. The Bertz CT molecular complexity index is 684. The maximum atomic E-state index is 12.4. The number of nitrogens with one attached hydrogen (secondary N) is 2. The zero-order valence-electron chi connectivity index (χ0n) is 13.9. The molecular weight excluding hydrogens is 306 g/mol. The summed E-state index contributed by atoms with van der Waals surface area (Å²) in [6.07, 6.45) is 1.59. The molecule has 2 amide bonds. The summed E-state index contributed by atoms with van der Waals surface area (Å²) in [7, 11) is 1.56. The van der Waals surface area contributed by atoms with E-state index in [-0.39, 0.29) is 17.7 Å². The lowest BCUT2D eigenvalue weighted by Gasteiger charge is -2.21. The van der Waals surface area contributed by atoms with E-state index < -0.39 is 6.04 Å². The number of anilines is 1. The fraction of sp³-hybridized carbons (Fsp3) is 0.278. The summed E-state index contributed by atoms with van der Waals surface area (Å²) in [6, 6.07) is 11.3. The first kappa shape index (κ1) is 17.5. The number of benzene rings is 1. The Morgan fingerprint density at radius 1 is 1.08 bits per heavy atom. The van der Waals surface area contributed by atoms with Crippen molar-refractivity contribution in [1.82, 2.24) is 10.3 Å². The van der Waals surface area contributed by atoms with E-state index in [0.717, 1.165) is 0 Å². The summed E-state index contributed by atoms with van der Waals surface area (Å²) in [5, 5.41) is 5.48. The number of ether oxygens (including phenoxy) is 1. The molecule has 1 aromatic carbocycles. The zero-order valence-corrected chi connectivity index (χ0v) is 13.9. The molecule has 6 nitrogen and oxygen atoms in total. The highest BCUT2D eigenvalue weighted by Gasteiger charge is 2.25. The number of hydrogen-bond donors (Lipinski definition) is 2. The van der Waals surface area contributed by atoms with Crippen LogP contribution in [0.15, 0.2) is 48.7 Å². The molecule has 1 unspecified atom stereocenters.